The van der Waals surface area contributed by atoms with E-state index in [1.54, 1.807) is 24.1 Å². The van der Waals surface area contributed by atoms with E-state index in [9.17, 15) is 14.3 Å². The van der Waals surface area contributed by atoms with Gasteiger partial charge in [0.15, 0.2) is 11.3 Å². The lowest BCUT2D eigenvalue weighted by atomic mass is 10.1. The van der Waals surface area contributed by atoms with Crippen LogP contribution < -0.4 is 5.32 Å². The van der Waals surface area contributed by atoms with E-state index in [1.807, 2.05) is 6.07 Å². The molecule has 1 aromatic carbocycles. The maximum atomic E-state index is 14.2. The predicted octanol–water partition coefficient (Wildman–Crippen LogP) is 2.45. The number of rotatable bonds is 5. The molecule has 164 valence electrons. The molecule has 2 unspecified atom stereocenters. The Bertz CT molecular complexity index is 1300. The summed E-state index contributed by atoms with van der Waals surface area (Å²) in [5, 5.41) is 16.7. The zero-order valence-corrected chi connectivity index (χ0v) is 17.4. The minimum Gasteiger partial charge on any atom is -0.393 e. The van der Waals surface area contributed by atoms with Gasteiger partial charge in [0.25, 0.3) is 5.91 Å². The molecule has 1 aliphatic carbocycles. The fourth-order valence-corrected chi connectivity index (χ4v) is 4.17. The van der Waals surface area contributed by atoms with Crippen molar-refractivity contribution in [1.29, 1.82) is 0 Å². The highest BCUT2D eigenvalue weighted by atomic mass is 19.1. The van der Waals surface area contributed by atoms with Gasteiger partial charge in [-0.15, -0.1) is 0 Å². The first-order valence-corrected chi connectivity index (χ1v) is 10.4. The van der Waals surface area contributed by atoms with Gasteiger partial charge in [-0.3, -0.25) is 9.48 Å². The van der Waals surface area contributed by atoms with Gasteiger partial charge in [0.1, 0.15) is 23.5 Å². The van der Waals surface area contributed by atoms with Gasteiger partial charge in [-0.05, 0) is 48.6 Å². The van der Waals surface area contributed by atoms with Crippen LogP contribution >= 0.6 is 0 Å². The van der Waals surface area contributed by atoms with Gasteiger partial charge in [-0.1, -0.05) is 0 Å². The molecule has 32 heavy (non-hydrogen) atoms. The van der Waals surface area contributed by atoms with Crippen molar-refractivity contribution in [2.24, 2.45) is 7.05 Å². The molecule has 0 radical (unpaired) electrons. The van der Waals surface area contributed by atoms with Crippen LogP contribution in [0.15, 0.2) is 36.9 Å². The zero-order valence-electron chi connectivity index (χ0n) is 17.4. The number of fused-ring (bicyclic) bond motifs is 1. The molecule has 0 saturated heterocycles. The summed E-state index contributed by atoms with van der Waals surface area (Å²) in [4.78, 5) is 28.8. The number of aromatic nitrogens is 6. The summed E-state index contributed by atoms with van der Waals surface area (Å²) < 4.78 is 15.8. The first kappa shape index (κ1) is 20.3. The number of nitrogens with zero attached hydrogens (tertiary/aromatic N) is 5. The van der Waals surface area contributed by atoms with E-state index in [0.717, 1.165) is 18.4 Å². The Kier molecular flexibility index (Phi) is 5.14. The first-order chi connectivity index (χ1) is 15.5. The van der Waals surface area contributed by atoms with Gasteiger partial charge in [-0.25, -0.2) is 19.3 Å². The number of imidazole rings is 1. The fourth-order valence-electron chi connectivity index (χ4n) is 4.17. The van der Waals surface area contributed by atoms with E-state index in [1.165, 1.54) is 18.5 Å². The zero-order chi connectivity index (χ0) is 22.2. The monoisotopic (exact) mass is 435 g/mol. The molecule has 9 nitrogen and oxygen atoms in total. The average molecular weight is 435 g/mol. The quantitative estimate of drug-likeness (QED) is 0.443. The molecule has 1 saturated carbocycles. The Hall–Kier alpha value is -3.66. The molecule has 1 aliphatic rings. The molecule has 3 heterocycles. The smallest absolute Gasteiger partial charge is 0.272 e. The Labute approximate surface area is 182 Å². The van der Waals surface area contributed by atoms with Gasteiger partial charge in [0, 0.05) is 31.3 Å². The third kappa shape index (κ3) is 3.96. The second kappa shape index (κ2) is 8.12. The van der Waals surface area contributed by atoms with Crippen LogP contribution in [0.25, 0.3) is 22.3 Å². The van der Waals surface area contributed by atoms with Crippen molar-refractivity contribution in [3.8, 4) is 11.1 Å². The summed E-state index contributed by atoms with van der Waals surface area (Å²) in [6.07, 6.45) is 6.62. The van der Waals surface area contributed by atoms with E-state index in [2.05, 4.69) is 30.4 Å². The maximum absolute atomic E-state index is 14.2. The third-order valence-electron chi connectivity index (χ3n) is 5.76. The number of H-pyrrole nitrogens is 1. The number of aliphatic hydroxyl groups excluding tert-OH is 1. The van der Waals surface area contributed by atoms with Crippen LogP contribution in [0.1, 0.15) is 47.1 Å². The molecular formula is C22H22FN7O2. The van der Waals surface area contributed by atoms with E-state index < -0.39 is 11.7 Å². The van der Waals surface area contributed by atoms with E-state index in [4.69, 9.17) is 0 Å². The van der Waals surface area contributed by atoms with Crippen molar-refractivity contribution < 1.29 is 14.3 Å². The van der Waals surface area contributed by atoms with Crippen LogP contribution in [0.2, 0.25) is 0 Å². The average Bonchev–Trinajstić information content (AvgIpc) is 3.50. The van der Waals surface area contributed by atoms with Gasteiger partial charge >= 0.3 is 0 Å². The van der Waals surface area contributed by atoms with Crippen molar-refractivity contribution >= 4 is 17.1 Å². The standard InChI is InChI=1S/C22H22FN7O2/c1-30-10-15(9-27-30)14-4-12(5-16(23)6-14)8-24-22(32)19-18-21(26-11-25-19)29-20(28-18)13-2-3-17(31)7-13/h4-6,9-11,13,17,31H,2-3,7-8H2,1H3,(H,24,32)(H,25,26,28,29). The minimum atomic E-state index is -0.411. The molecule has 4 aromatic rings. The van der Waals surface area contributed by atoms with Crippen molar-refractivity contribution in [3.05, 3.63) is 59.8 Å². The highest BCUT2D eigenvalue weighted by Crippen LogP contribution is 2.33. The summed E-state index contributed by atoms with van der Waals surface area (Å²) in [6, 6.07) is 4.63. The van der Waals surface area contributed by atoms with Gasteiger partial charge < -0.3 is 15.4 Å². The minimum absolute atomic E-state index is 0.105. The first-order valence-electron chi connectivity index (χ1n) is 10.4. The van der Waals surface area contributed by atoms with Crippen LogP contribution in [-0.2, 0) is 13.6 Å². The number of benzene rings is 1. The number of amides is 1. The maximum Gasteiger partial charge on any atom is 0.272 e. The Morgan fingerprint density at radius 1 is 1.28 bits per heavy atom. The van der Waals surface area contributed by atoms with Gasteiger partial charge in [0.2, 0.25) is 0 Å². The topological polar surface area (TPSA) is 122 Å². The Morgan fingerprint density at radius 2 is 2.16 bits per heavy atom. The van der Waals surface area contributed by atoms with Crippen molar-refractivity contribution in [3.63, 3.8) is 0 Å². The summed E-state index contributed by atoms with van der Waals surface area (Å²) in [6.45, 7) is 0.130. The highest BCUT2D eigenvalue weighted by Gasteiger charge is 2.27. The number of hydrogen-bond donors (Lipinski definition) is 3. The second-order valence-electron chi connectivity index (χ2n) is 8.14. The molecule has 0 spiro atoms. The molecule has 0 aliphatic heterocycles. The molecule has 3 N–H and O–H groups in total. The number of carbonyl (C=O) groups excluding carboxylic acids is 1. The van der Waals surface area contributed by atoms with Gasteiger partial charge in [-0.2, -0.15) is 5.10 Å². The summed E-state index contributed by atoms with van der Waals surface area (Å²) >= 11 is 0. The third-order valence-corrected chi connectivity index (χ3v) is 5.76. The molecule has 3 aromatic heterocycles. The Balaban J connectivity index is 1.35. The number of nitrogens with one attached hydrogen (secondary N) is 2. The molecule has 1 amide bonds. The predicted molar refractivity (Wildman–Crippen MR) is 114 cm³/mol. The fraction of sp³-hybridized carbons (Fsp3) is 0.318. The Morgan fingerprint density at radius 3 is 2.91 bits per heavy atom. The molecule has 10 heteroatoms. The van der Waals surface area contributed by atoms with Gasteiger partial charge in [0.05, 0.1) is 12.3 Å². The molecule has 2 atom stereocenters. The van der Waals surface area contributed by atoms with Crippen LogP contribution in [0.4, 0.5) is 4.39 Å². The van der Waals surface area contributed by atoms with Crippen molar-refractivity contribution in [2.75, 3.05) is 0 Å². The van der Waals surface area contributed by atoms with Crippen molar-refractivity contribution in [1.82, 2.24) is 35.0 Å². The summed E-state index contributed by atoms with van der Waals surface area (Å²) in [7, 11) is 1.79. The van der Waals surface area contributed by atoms with Crippen LogP contribution in [-0.4, -0.2) is 46.8 Å². The number of halogens is 1. The highest BCUT2D eigenvalue weighted by molar-refractivity contribution is 6.02. The van der Waals surface area contributed by atoms with E-state index >= 15 is 0 Å². The van der Waals surface area contributed by atoms with Crippen molar-refractivity contribution in [2.45, 2.75) is 37.8 Å². The number of aryl methyl sites for hydroxylation is 1. The number of aliphatic hydroxyl groups is 1. The lowest BCUT2D eigenvalue weighted by Crippen LogP contribution is -2.24. The summed E-state index contributed by atoms with van der Waals surface area (Å²) in [5.74, 6) is 0.00822. The largest absolute Gasteiger partial charge is 0.393 e. The molecule has 5 rings (SSSR count). The number of carbonyl (C=O) groups is 1. The van der Waals surface area contributed by atoms with Crippen LogP contribution in [0.5, 0.6) is 0 Å². The number of hydrogen-bond acceptors (Lipinski definition) is 6. The lowest BCUT2D eigenvalue weighted by Gasteiger charge is -2.08. The molecule has 0 bridgehead atoms. The van der Waals surface area contributed by atoms with E-state index in [-0.39, 0.29) is 24.3 Å². The SMILES string of the molecule is Cn1cc(-c2cc(F)cc(CNC(=O)c3ncnc4nc(C5CCC(O)C5)[nH]c34)c2)cn1. The normalized spacial score (nSPS) is 18.3. The molecular weight excluding hydrogens is 413 g/mol. The second-order valence-corrected chi connectivity index (χ2v) is 8.14. The summed E-state index contributed by atoms with van der Waals surface area (Å²) in [5.41, 5.74) is 3.13. The van der Waals surface area contributed by atoms with E-state index in [0.29, 0.717) is 34.5 Å². The number of aromatic amines is 1. The van der Waals surface area contributed by atoms with Crippen LogP contribution in [0, 0.1) is 5.82 Å². The lowest BCUT2D eigenvalue weighted by molar-refractivity contribution is 0.0947. The molecule has 1 fully saturated rings. The van der Waals surface area contributed by atoms with Crippen LogP contribution in [0.3, 0.4) is 0 Å².